The maximum Gasteiger partial charge on any atom is 0.130 e. The van der Waals surface area contributed by atoms with Crippen LogP contribution >= 0.6 is 0 Å². The molecule has 0 amide bonds. The highest BCUT2D eigenvalue weighted by Gasteiger charge is 2.17. The topological polar surface area (TPSA) is 29.9 Å². The first-order chi connectivity index (χ1) is 9.67. The number of hydrogen-bond donors (Lipinski definition) is 1. The second-order valence-corrected chi connectivity index (χ2v) is 5.06. The molecule has 1 heterocycles. The monoisotopic (exact) mass is 275 g/mol. The van der Waals surface area contributed by atoms with Crippen molar-refractivity contribution < 1.29 is 4.39 Å². The lowest BCUT2D eigenvalue weighted by Crippen LogP contribution is -2.22. The largest absolute Gasteiger partial charge is 0.335 e. The van der Waals surface area contributed by atoms with E-state index in [1.54, 1.807) is 13.0 Å². The first kappa shape index (κ1) is 14.7. The molecule has 1 unspecified atom stereocenters. The number of hydrogen-bond acceptors (Lipinski definition) is 2. The van der Waals surface area contributed by atoms with Crippen molar-refractivity contribution in [1.29, 1.82) is 0 Å². The van der Waals surface area contributed by atoms with Crippen LogP contribution in [-0.4, -0.2) is 16.6 Å². The van der Waals surface area contributed by atoms with Gasteiger partial charge in [-0.3, -0.25) is 0 Å². The van der Waals surface area contributed by atoms with Crippen LogP contribution in [0.4, 0.5) is 4.39 Å². The molecule has 4 heteroatoms. The van der Waals surface area contributed by atoms with Gasteiger partial charge in [-0.1, -0.05) is 25.1 Å². The summed E-state index contributed by atoms with van der Waals surface area (Å²) in [7, 11) is 1.86. The average molecular weight is 275 g/mol. The van der Waals surface area contributed by atoms with Gasteiger partial charge in [0.05, 0.1) is 0 Å². The van der Waals surface area contributed by atoms with Gasteiger partial charge in [0.2, 0.25) is 0 Å². The first-order valence-electron chi connectivity index (χ1n) is 7.09. The van der Waals surface area contributed by atoms with Gasteiger partial charge in [-0.2, -0.15) is 0 Å². The number of aryl methyl sites for hydroxylation is 2. The van der Waals surface area contributed by atoms with Crippen molar-refractivity contribution in [3.63, 3.8) is 0 Å². The third-order valence-electron chi connectivity index (χ3n) is 3.60. The summed E-state index contributed by atoms with van der Waals surface area (Å²) in [4.78, 5) is 4.40. The molecule has 0 radical (unpaired) electrons. The summed E-state index contributed by atoms with van der Waals surface area (Å²) in [5.41, 5.74) is 1.39. The zero-order valence-electron chi connectivity index (χ0n) is 12.4. The minimum Gasteiger partial charge on any atom is -0.335 e. The fraction of sp³-hybridized carbons (Fsp3) is 0.438. The van der Waals surface area contributed by atoms with E-state index >= 15 is 0 Å². The van der Waals surface area contributed by atoms with Crippen LogP contribution in [0.2, 0.25) is 0 Å². The number of halogens is 1. The van der Waals surface area contributed by atoms with E-state index < -0.39 is 0 Å². The molecule has 0 fully saturated rings. The van der Waals surface area contributed by atoms with Crippen LogP contribution in [-0.2, 0) is 13.0 Å². The van der Waals surface area contributed by atoms with Crippen LogP contribution in [0, 0.1) is 12.7 Å². The zero-order valence-corrected chi connectivity index (χ0v) is 12.4. The molecule has 2 rings (SSSR count). The highest BCUT2D eigenvalue weighted by Crippen LogP contribution is 2.22. The molecule has 108 valence electrons. The summed E-state index contributed by atoms with van der Waals surface area (Å²) in [6.07, 6.45) is 5.54. The Kier molecular flexibility index (Phi) is 4.90. The Morgan fingerprint density at radius 3 is 2.90 bits per heavy atom. The van der Waals surface area contributed by atoms with E-state index in [9.17, 15) is 4.39 Å². The number of rotatable bonds is 6. The summed E-state index contributed by atoms with van der Waals surface area (Å²) in [5, 5.41) is 3.20. The van der Waals surface area contributed by atoms with Crippen molar-refractivity contribution in [2.75, 3.05) is 7.05 Å². The second kappa shape index (κ2) is 6.66. The SMILES string of the molecule is CCCn1ccnc1CC(NC)c1cccc(C)c1F. The van der Waals surface area contributed by atoms with Gasteiger partial charge in [-0.05, 0) is 26.0 Å². The zero-order chi connectivity index (χ0) is 14.5. The van der Waals surface area contributed by atoms with E-state index in [1.165, 1.54) is 0 Å². The first-order valence-corrected chi connectivity index (χ1v) is 7.09. The van der Waals surface area contributed by atoms with Crippen molar-refractivity contribution in [2.24, 2.45) is 0 Å². The van der Waals surface area contributed by atoms with Crippen LogP contribution in [0.15, 0.2) is 30.6 Å². The number of nitrogens with zero attached hydrogens (tertiary/aromatic N) is 2. The molecular weight excluding hydrogens is 253 g/mol. The predicted octanol–water partition coefficient (Wildman–Crippen LogP) is 3.24. The molecule has 0 spiro atoms. The summed E-state index contributed by atoms with van der Waals surface area (Å²) in [6, 6.07) is 5.48. The Morgan fingerprint density at radius 2 is 2.20 bits per heavy atom. The Balaban J connectivity index is 2.24. The normalized spacial score (nSPS) is 12.6. The lowest BCUT2D eigenvalue weighted by molar-refractivity contribution is 0.507. The Bertz CT molecular complexity index is 563. The van der Waals surface area contributed by atoms with Crippen LogP contribution in [0.5, 0.6) is 0 Å². The van der Waals surface area contributed by atoms with Crippen LogP contribution in [0.25, 0.3) is 0 Å². The van der Waals surface area contributed by atoms with Crippen molar-refractivity contribution >= 4 is 0 Å². The van der Waals surface area contributed by atoms with Gasteiger partial charge in [0.25, 0.3) is 0 Å². The van der Waals surface area contributed by atoms with E-state index in [-0.39, 0.29) is 11.9 Å². The van der Waals surface area contributed by atoms with Gasteiger partial charge in [-0.15, -0.1) is 0 Å². The summed E-state index contributed by atoms with van der Waals surface area (Å²) < 4.78 is 16.4. The smallest absolute Gasteiger partial charge is 0.130 e. The van der Waals surface area contributed by atoms with Gasteiger partial charge < -0.3 is 9.88 Å². The molecular formula is C16H22FN3. The van der Waals surface area contributed by atoms with Crippen molar-refractivity contribution in [3.8, 4) is 0 Å². The standard InChI is InChI=1S/C16H22FN3/c1-4-9-20-10-8-19-15(20)11-14(18-3)13-7-5-6-12(2)16(13)17/h5-8,10,14,18H,4,9,11H2,1-3H3. The molecule has 1 atom stereocenters. The molecule has 0 aliphatic carbocycles. The summed E-state index contributed by atoms with van der Waals surface area (Å²) in [6.45, 7) is 4.88. The minimum atomic E-state index is -0.125. The lowest BCUT2D eigenvalue weighted by atomic mass is 10.0. The van der Waals surface area contributed by atoms with Crippen molar-refractivity contribution in [1.82, 2.24) is 14.9 Å². The quantitative estimate of drug-likeness (QED) is 0.877. The van der Waals surface area contributed by atoms with Crippen LogP contribution in [0.3, 0.4) is 0 Å². The maximum absolute atomic E-state index is 14.2. The Morgan fingerprint density at radius 1 is 1.40 bits per heavy atom. The molecule has 1 N–H and O–H groups in total. The van der Waals surface area contributed by atoms with Crippen molar-refractivity contribution in [2.45, 2.75) is 39.3 Å². The predicted molar refractivity (Wildman–Crippen MR) is 79.2 cm³/mol. The van der Waals surface area contributed by atoms with Crippen LogP contribution in [0.1, 0.15) is 36.3 Å². The van der Waals surface area contributed by atoms with Gasteiger partial charge in [0, 0.05) is 37.0 Å². The summed E-state index contributed by atoms with van der Waals surface area (Å²) >= 11 is 0. The number of imidazole rings is 1. The molecule has 20 heavy (non-hydrogen) atoms. The Labute approximate surface area is 119 Å². The van der Waals surface area contributed by atoms with Gasteiger partial charge in [-0.25, -0.2) is 9.37 Å². The third kappa shape index (κ3) is 3.07. The fourth-order valence-electron chi connectivity index (χ4n) is 2.46. The lowest BCUT2D eigenvalue weighted by Gasteiger charge is -2.18. The van der Waals surface area contributed by atoms with E-state index in [4.69, 9.17) is 0 Å². The molecule has 3 nitrogen and oxygen atoms in total. The van der Waals surface area contributed by atoms with E-state index in [0.29, 0.717) is 17.5 Å². The summed E-state index contributed by atoms with van der Waals surface area (Å²) in [5.74, 6) is 0.868. The molecule has 0 aliphatic rings. The number of aromatic nitrogens is 2. The number of nitrogens with one attached hydrogen (secondary N) is 1. The van der Waals surface area contributed by atoms with Crippen LogP contribution < -0.4 is 5.32 Å². The van der Waals surface area contributed by atoms with E-state index in [1.807, 2.05) is 31.6 Å². The number of benzene rings is 1. The van der Waals surface area contributed by atoms with Gasteiger partial charge >= 0.3 is 0 Å². The minimum absolute atomic E-state index is 0.0621. The molecule has 0 bridgehead atoms. The molecule has 0 saturated heterocycles. The average Bonchev–Trinajstić information content (AvgIpc) is 2.87. The fourth-order valence-corrected chi connectivity index (χ4v) is 2.46. The number of likely N-dealkylation sites (N-methyl/N-ethyl adjacent to an activating group) is 1. The molecule has 0 saturated carbocycles. The highest BCUT2D eigenvalue weighted by atomic mass is 19.1. The third-order valence-corrected chi connectivity index (χ3v) is 3.60. The van der Waals surface area contributed by atoms with E-state index in [0.717, 1.165) is 18.8 Å². The maximum atomic E-state index is 14.2. The van der Waals surface area contributed by atoms with Gasteiger partial charge in [0.15, 0.2) is 0 Å². The molecule has 0 aliphatic heterocycles. The van der Waals surface area contributed by atoms with E-state index in [2.05, 4.69) is 21.8 Å². The molecule has 1 aromatic carbocycles. The Hall–Kier alpha value is -1.68. The molecule has 1 aromatic heterocycles. The van der Waals surface area contributed by atoms with Gasteiger partial charge in [0.1, 0.15) is 11.6 Å². The highest BCUT2D eigenvalue weighted by molar-refractivity contribution is 5.28. The molecule has 2 aromatic rings. The second-order valence-electron chi connectivity index (χ2n) is 5.06. The van der Waals surface area contributed by atoms with Crippen molar-refractivity contribution in [3.05, 3.63) is 53.4 Å².